The molecule has 0 bridgehead atoms. The molecule has 0 amide bonds. The molecule has 0 aromatic carbocycles. The Hall–Kier alpha value is -1.69. The number of carbonyl (C=O) groups excluding carboxylic acids is 3. The van der Waals surface area contributed by atoms with Crippen LogP contribution in [0.5, 0.6) is 0 Å². The maximum absolute atomic E-state index is 12.1. The van der Waals surface area contributed by atoms with Crippen LogP contribution in [-0.2, 0) is 28.6 Å². The van der Waals surface area contributed by atoms with Gasteiger partial charge < -0.3 is 19.0 Å². The van der Waals surface area contributed by atoms with E-state index < -0.39 is 5.60 Å². The number of fused-ring (bicyclic) bond motifs is 1. The van der Waals surface area contributed by atoms with Gasteiger partial charge in [-0.05, 0) is 45.4 Å². The van der Waals surface area contributed by atoms with E-state index in [1.54, 1.807) is 6.92 Å². The molecule has 6 nitrogen and oxygen atoms in total. The number of carbonyl (C=O) groups is 3. The fraction of sp³-hybridized carbons (Fsp3) is 0.750. The smallest absolute Gasteiger partial charge is 0.334 e. The molecule has 0 aliphatic carbocycles. The minimum Gasteiger partial charge on any atom is -0.457 e. The fourth-order valence-electron chi connectivity index (χ4n) is 4.38. The van der Waals surface area contributed by atoms with E-state index in [1.165, 1.54) is 0 Å². The Balaban J connectivity index is 1.77. The van der Waals surface area contributed by atoms with Gasteiger partial charge in [0.05, 0.1) is 12.2 Å². The summed E-state index contributed by atoms with van der Waals surface area (Å²) in [5.41, 5.74) is -0.192. The molecule has 26 heavy (non-hydrogen) atoms. The molecule has 6 heteroatoms. The first kappa shape index (κ1) is 19.1. The maximum atomic E-state index is 12.1. The van der Waals surface area contributed by atoms with Crippen LogP contribution in [0.1, 0.15) is 59.3 Å². The number of hydrogen-bond donors (Lipinski definition) is 0. The second-order valence-corrected chi connectivity index (χ2v) is 8.18. The Morgan fingerprint density at radius 1 is 1.38 bits per heavy atom. The molecule has 0 aromatic heterocycles. The second kappa shape index (κ2) is 7.14. The number of rotatable bonds is 6. The molecule has 3 aliphatic heterocycles. The third-order valence-corrected chi connectivity index (χ3v) is 6.07. The van der Waals surface area contributed by atoms with Crippen molar-refractivity contribution < 1.29 is 28.6 Å². The molecule has 3 saturated heterocycles. The van der Waals surface area contributed by atoms with Crippen LogP contribution in [-0.4, -0.2) is 41.6 Å². The topological polar surface area (TPSA) is 78.9 Å². The van der Waals surface area contributed by atoms with Crippen LogP contribution < -0.4 is 0 Å². The van der Waals surface area contributed by atoms with E-state index in [0.29, 0.717) is 31.3 Å². The van der Waals surface area contributed by atoms with Crippen molar-refractivity contribution in [3.63, 3.8) is 0 Å². The van der Waals surface area contributed by atoms with Crippen molar-refractivity contribution in [1.82, 2.24) is 0 Å². The van der Waals surface area contributed by atoms with E-state index >= 15 is 0 Å². The summed E-state index contributed by atoms with van der Waals surface area (Å²) in [5, 5.41) is 0. The summed E-state index contributed by atoms with van der Waals surface area (Å²) < 4.78 is 17.5. The van der Waals surface area contributed by atoms with Crippen LogP contribution >= 0.6 is 0 Å². The highest BCUT2D eigenvalue weighted by molar-refractivity contribution is 5.91. The van der Waals surface area contributed by atoms with Gasteiger partial charge in [-0.1, -0.05) is 13.5 Å². The van der Waals surface area contributed by atoms with Crippen molar-refractivity contribution >= 4 is 17.7 Å². The van der Waals surface area contributed by atoms with Crippen LogP contribution in [0.25, 0.3) is 0 Å². The lowest BCUT2D eigenvalue weighted by atomic mass is 9.77. The van der Waals surface area contributed by atoms with Gasteiger partial charge in [0.2, 0.25) is 0 Å². The van der Waals surface area contributed by atoms with Crippen LogP contribution in [0.4, 0.5) is 0 Å². The first-order chi connectivity index (χ1) is 12.2. The summed E-state index contributed by atoms with van der Waals surface area (Å²) in [7, 11) is 0. The minimum atomic E-state index is -0.675. The van der Waals surface area contributed by atoms with Gasteiger partial charge in [0.1, 0.15) is 17.5 Å². The van der Waals surface area contributed by atoms with Gasteiger partial charge in [0.25, 0.3) is 0 Å². The van der Waals surface area contributed by atoms with Crippen molar-refractivity contribution in [3.05, 3.63) is 12.2 Å². The van der Waals surface area contributed by atoms with Gasteiger partial charge in [-0.25, -0.2) is 4.79 Å². The molecule has 3 rings (SSSR count). The van der Waals surface area contributed by atoms with Crippen LogP contribution in [0, 0.1) is 11.8 Å². The molecular weight excluding hydrogens is 336 g/mol. The summed E-state index contributed by atoms with van der Waals surface area (Å²) in [6.45, 7) is 9.47. The zero-order valence-electron chi connectivity index (χ0n) is 15.8. The van der Waals surface area contributed by atoms with Crippen LogP contribution in [0.15, 0.2) is 12.2 Å². The number of Topliss-reactive ketones (excluding diaryl/α,β-unsaturated/α-hetero) is 1. The first-order valence-electron chi connectivity index (χ1n) is 9.48. The number of ketones is 1. The zero-order chi connectivity index (χ0) is 19.1. The average Bonchev–Trinajstić information content (AvgIpc) is 3.07. The Labute approximate surface area is 154 Å². The lowest BCUT2D eigenvalue weighted by molar-refractivity contribution is -0.210. The second-order valence-electron chi connectivity index (χ2n) is 8.18. The molecule has 3 fully saturated rings. The van der Waals surface area contributed by atoms with E-state index in [0.717, 1.165) is 12.8 Å². The third kappa shape index (κ3) is 3.56. The fourth-order valence-corrected chi connectivity index (χ4v) is 4.38. The Morgan fingerprint density at radius 3 is 2.73 bits per heavy atom. The molecule has 0 radical (unpaired) electrons. The third-order valence-electron chi connectivity index (χ3n) is 6.07. The average molecular weight is 364 g/mol. The molecule has 0 saturated carbocycles. The van der Waals surface area contributed by atoms with Crippen molar-refractivity contribution in [2.45, 2.75) is 83.2 Å². The summed E-state index contributed by atoms with van der Waals surface area (Å²) in [6, 6.07) is 0. The summed E-state index contributed by atoms with van der Waals surface area (Å²) >= 11 is 0. The van der Waals surface area contributed by atoms with Gasteiger partial charge in [0, 0.05) is 24.3 Å². The quantitative estimate of drug-likeness (QED) is 0.533. The van der Waals surface area contributed by atoms with E-state index in [1.807, 2.05) is 6.92 Å². The molecule has 3 aliphatic rings. The largest absolute Gasteiger partial charge is 0.457 e. The number of hydrogen-bond acceptors (Lipinski definition) is 6. The maximum Gasteiger partial charge on any atom is 0.334 e. The van der Waals surface area contributed by atoms with E-state index in [2.05, 4.69) is 13.5 Å². The molecule has 6 atom stereocenters. The van der Waals surface area contributed by atoms with Crippen LogP contribution in [0.3, 0.4) is 0 Å². The van der Waals surface area contributed by atoms with E-state index in [4.69, 9.17) is 14.2 Å². The predicted molar refractivity (Wildman–Crippen MR) is 93.2 cm³/mol. The lowest BCUT2D eigenvalue weighted by Crippen LogP contribution is -2.54. The van der Waals surface area contributed by atoms with Gasteiger partial charge >= 0.3 is 11.9 Å². The number of cyclic esters (lactones) is 1. The van der Waals surface area contributed by atoms with Gasteiger partial charge in [-0.2, -0.15) is 0 Å². The number of esters is 2. The van der Waals surface area contributed by atoms with E-state index in [9.17, 15) is 14.4 Å². The van der Waals surface area contributed by atoms with Gasteiger partial charge in [-0.3, -0.25) is 4.79 Å². The Morgan fingerprint density at radius 2 is 2.12 bits per heavy atom. The molecule has 0 N–H and O–H groups in total. The molecule has 0 spiro atoms. The Kier molecular flexibility index (Phi) is 5.24. The zero-order valence-corrected chi connectivity index (χ0v) is 15.8. The molecule has 3 heterocycles. The standard InChI is InChI=1S/C20H28O6/c1-11(6-5-7-12(2)21)17-18-14(13(3)19(23)25-18)10-15(24-17)20(4)9-8-16(22)26-20/h11,14-15,17-18H,3,5-10H2,1-2,4H3. The van der Waals surface area contributed by atoms with Crippen molar-refractivity contribution in [3.8, 4) is 0 Å². The molecule has 144 valence electrons. The minimum absolute atomic E-state index is 0.113. The summed E-state index contributed by atoms with van der Waals surface area (Å²) in [4.78, 5) is 34.9. The van der Waals surface area contributed by atoms with Gasteiger partial charge in [-0.15, -0.1) is 0 Å². The molecule has 6 unspecified atom stereocenters. The van der Waals surface area contributed by atoms with Crippen LogP contribution in [0.2, 0.25) is 0 Å². The van der Waals surface area contributed by atoms with Crippen molar-refractivity contribution in [2.24, 2.45) is 11.8 Å². The first-order valence-corrected chi connectivity index (χ1v) is 9.48. The highest BCUT2D eigenvalue weighted by Gasteiger charge is 2.55. The summed E-state index contributed by atoms with van der Waals surface area (Å²) in [5.74, 6) is -0.397. The highest BCUT2D eigenvalue weighted by Crippen LogP contribution is 2.46. The summed E-state index contributed by atoms with van der Waals surface area (Å²) in [6.07, 6.45) is 2.76. The normalized spacial score (nSPS) is 37.9. The SMILES string of the molecule is C=C1C(=O)OC2C1CC(C1(C)CCC(=O)O1)OC2C(C)CCCC(C)=O. The van der Waals surface area contributed by atoms with E-state index in [-0.39, 0.29) is 47.9 Å². The monoisotopic (exact) mass is 364 g/mol. The number of ether oxygens (including phenoxy) is 3. The van der Waals surface area contributed by atoms with Gasteiger partial charge in [0.15, 0.2) is 0 Å². The highest BCUT2D eigenvalue weighted by atomic mass is 16.6. The lowest BCUT2D eigenvalue weighted by Gasteiger charge is -2.44. The Bertz CT molecular complexity index is 626. The van der Waals surface area contributed by atoms with Crippen molar-refractivity contribution in [1.29, 1.82) is 0 Å². The van der Waals surface area contributed by atoms with Crippen molar-refractivity contribution in [2.75, 3.05) is 0 Å². The molecule has 0 aromatic rings. The predicted octanol–water partition coefficient (Wildman–Crippen LogP) is 2.73. The molecular formula is C20H28O6.